The van der Waals surface area contributed by atoms with E-state index in [1.165, 1.54) is 32.6 Å². The molecular formula is C38H24N3Pt+. The van der Waals surface area contributed by atoms with Crippen molar-refractivity contribution in [2.45, 2.75) is 6.92 Å². The Morgan fingerprint density at radius 3 is 1.86 bits per heavy atom. The maximum atomic E-state index is 3.44. The topological polar surface area (TPSA) is 13.2 Å². The van der Waals surface area contributed by atoms with Crippen LogP contribution < -0.4 is 4.57 Å². The van der Waals surface area contributed by atoms with E-state index in [9.17, 15) is 0 Å². The Balaban J connectivity index is 0.000000135. The molecule has 0 atom stereocenters. The molecule has 0 aliphatic heterocycles. The van der Waals surface area contributed by atoms with Crippen molar-refractivity contribution in [3.63, 3.8) is 0 Å². The summed E-state index contributed by atoms with van der Waals surface area (Å²) in [5, 5.41) is 5.13. The summed E-state index contributed by atoms with van der Waals surface area (Å²) < 4.78 is 6.43. The fraction of sp³-hybridized carbons (Fsp3) is 0.0263. The third kappa shape index (κ3) is 4.12. The van der Waals surface area contributed by atoms with Crippen molar-refractivity contribution >= 4 is 49.1 Å². The Morgan fingerprint density at radius 1 is 0.571 bits per heavy atom. The Bertz CT molecular complexity index is 2230. The van der Waals surface area contributed by atoms with Crippen molar-refractivity contribution in [1.29, 1.82) is 0 Å². The molecule has 9 rings (SSSR count). The van der Waals surface area contributed by atoms with E-state index in [-0.39, 0.29) is 21.1 Å². The Morgan fingerprint density at radius 2 is 1.19 bits per heavy atom. The molecule has 0 bridgehead atoms. The molecule has 42 heavy (non-hydrogen) atoms. The number of hydrogen-bond donors (Lipinski definition) is 0. The molecule has 9 aromatic rings. The molecule has 0 fully saturated rings. The van der Waals surface area contributed by atoms with E-state index in [0.717, 1.165) is 33.4 Å². The zero-order chi connectivity index (χ0) is 27.3. The largest absolute Gasteiger partial charge is 4.00 e. The molecule has 0 saturated heterocycles. The van der Waals surface area contributed by atoms with Gasteiger partial charge in [0.15, 0.2) is 0 Å². The first-order valence-corrected chi connectivity index (χ1v) is 13.7. The van der Waals surface area contributed by atoms with E-state index < -0.39 is 0 Å². The molecule has 0 amide bonds. The maximum Gasteiger partial charge on any atom is 4.00 e. The molecule has 3 aromatic heterocycles. The van der Waals surface area contributed by atoms with Crippen LogP contribution in [0.25, 0.3) is 60.5 Å². The van der Waals surface area contributed by atoms with E-state index in [2.05, 4.69) is 136 Å². The average Bonchev–Trinajstić information content (AvgIpc) is 3.70. The van der Waals surface area contributed by atoms with Gasteiger partial charge in [0.25, 0.3) is 6.33 Å². The van der Waals surface area contributed by atoms with Crippen LogP contribution in [0.4, 0.5) is 0 Å². The van der Waals surface area contributed by atoms with Crippen molar-refractivity contribution in [2.24, 2.45) is 0 Å². The van der Waals surface area contributed by atoms with Crippen LogP contribution in [0, 0.1) is 31.5 Å². The molecule has 4 heteroatoms. The third-order valence-electron chi connectivity index (χ3n) is 7.75. The summed E-state index contributed by atoms with van der Waals surface area (Å²) in [6.45, 7) is 2.10. The second kappa shape index (κ2) is 10.6. The quantitative estimate of drug-likeness (QED) is 0.126. The van der Waals surface area contributed by atoms with Crippen LogP contribution in [-0.4, -0.2) is 8.97 Å². The van der Waals surface area contributed by atoms with Gasteiger partial charge in [0.2, 0.25) is 0 Å². The second-order valence-electron chi connectivity index (χ2n) is 10.2. The predicted molar refractivity (Wildman–Crippen MR) is 166 cm³/mol. The van der Waals surface area contributed by atoms with E-state index in [1.807, 2.05) is 36.4 Å². The van der Waals surface area contributed by atoms with Gasteiger partial charge in [0.1, 0.15) is 0 Å². The first-order valence-electron chi connectivity index (χ1n) is 13.7. The number of para-hydroxylation sites is 6. The smallest absolute Gasteiger partial charge is 0.358 e. The van der Waals surface area contributed by atoms with Crippen LogP contribution in [0.5, 0.6) is 0 Å². The van der Waals surface area contributed by atoms with Crippen LogP contribution in [-0.2, 0) is 21.1 Å². The van der Waals surface area contributed by atoms with Crippen molar-refractivity contribution in [3.05, 3.63) is 157 Å². The molecule has 0 radical (unpaired) electrons. The van der Waals surface area contributed by atoms with Crippen LogP contribution in [0.2, 0.25) is 0 Å². The van der Waals surface area contributed by atoms with Crippen molar-refractivity contribution in [3.8, 4) is 11.4 Å². The van der Waals surface area contributed by atoms with Gasteiger partial charge in [-0.3, -0.25) is 4.57 Å². The molecule has 0 spiro atoms. The van der Waals surface area contributed by atoms with Crippen molar-refractivity contribution in [2.75, 3.05) is 0 Å². The molecule has 3 nitrogen and oxygen atoms in total. The van der Waals surface area contributed by atoms with Crippen molar-refractivity contribution < 1.29 is 25.6 Å². The average molecular weight is 718 g/mol. The van der Waals surface area contributed by atoms with Gasteiger partial charge in [-0.05, 0) is 35.5 Å². The Hall–Kier alpha value is -4.72. The van der Waals surface area contributed by atoms with E-state index in [4.69, 9.17) is 0 Å². The predicted octanol–water partition coefficient (Wildman–Crippen LogP) is 8.25. The minimum Gasteiger partial charge on any atom is -0.358 e. The Kier molecular flexibility index (Phi) is 6.61. The molecule has 0 aliphatic rings. The SMILES string of the molecule is Cc1ccc(-[n+]2[c-]n(-c3[c-]cccc3)c3ccccc32)cc1.[Pt+4].[c-]1cccc2c3cccc4c5ccc[c-]c5n(c12)c34. The number of imidazole rings is 1. The van der Waals surface area contributed by atoms with Gasteiger partial charge in [-0.2, -0.15) is 78.9 Å². The summed E-state index contributed by atoms with van der Waals surface area (Å²) in [5.74, 6) is 0. The standard InChI is InChI=1S/C20H15N2.C18H9N.Pt/c1-16-11-13-18(14-12-16)22-15-21(17-7-3-2-4-8-17)19-9-5-6-10-20(19)22;1-3-10-16-12(6-1)14-8-5-9-15-13-7-2-4-11-17(13)19(16)18(14)15;/h2-7,9-14H,1H3;1-9H;/q-1;-2;+4. The molecule has 6 aromatic carbocycles. The van der Waals surface area contributed by atoms with Crippen LogP contribution in [0.3, 0.4) is 0 Å². The zero-order valence-corrected chi connectivity index (χ0v) is 25.1. The number of nitrogens with zero attached hydrogens (tertiary/aromatic N) is 3. The number of hydrogen-bond acceptors (Lipinski definition) is 0. The van der Waals surface area contributed by atoms with Gasteiger partial charge < -0.3 is 8.97 Å². The van der Waals surface area contributed by atoms with E-state index in [0.29, 0.717) is 0 Å². The normalized spacial score (nSPS) is 11.3. The fourth-order valence-electron chi connectivity index (χ4n) is 5.86. The number of aryl methyl sites for hydroxylation is 1. The summed E-state index contributed by atoms with van der Waals surface area (Å²) in [4.78, 5) is 0. The van der Waals surface area contributed by atoms with Crippen LogP contribution in [0.1, 0.15) is 5.56 Å². The van der Waals surface area contributed by atoms with E-state index in [1.54, 1.807) is 0 Å². The molecule has 0 unspecified atom stereocenters. The van der Waals surface area contributed by atoms with E-state index >= 15 is 0 Å². The van der Waals surface area contributed by atoms with Gasteiger partial charge in [0.05, 0.1) is 16.7 Å². The summed E-state index contributed by atoms with van der Waals surface area (Å²) in [6.07, 6.45) is 3.44. The number of rotatable bonds is 2. The molecule has 0 saturated carbocycles. The summed E-state index contributed by atoms with van der Waals surface area (Å²) in [7, 11) is 0. The number of fused-ring (bicyclic) bond motifs is 7. The number of aromatic nitrogens is 3. The second-order valence-corrected chi connectivity index (χ2v) is 10.2. The minimum atomic E-state index is 0. The van der Waals surface area contributed by atoms with Gasteiger partial charge in [-0.15, -0.1) is 10.8 Å². The summed E-state index contributed by atoms with van der Waals surface area (Å²) in [6, 6.07) is 53.7. The molecule has 0 N–H and O–H groups in total. The van der Waals surface area contributed by atoms with Crippen LogP contribution in [0.15, 0.2) is 127 Å². The van der Waals surface area contributed by atoms with Gasteiger partial charge in [-0.25, -0.2) is 0 Å². The first kappa shape index (κ1) is 26.2. The summed E-state index contributed by atoms with van der Waals surface area (Å²) >= 11 is 0. The summed E-state index contributed by atoms with van der Waals surface area (Å²) in [5.41, 5.74) is 9.18. The maximum absolute atomic E-state index is 3.44. The minimum absolute atomic E-state index is 0. The Labute approximate surface area is 258 Å². The first-order chi connectivity index (χ1) is 20.3. The zero-order valence-electron chi connectivity index (χ0n) is 22.8. The molecule has 3 heterocycles. The fourth-order valence-corrected chi connectivity index (χ4v) is 5.86. The molecular weight excluding hydrogens is 694 g/mol. The van der Waals surface area contributed by atoms with Gasteiger partial charge in [-0.1, -0.05) is 71.2 Å². The third-order valence-corrected chi connectivity index (χ3v) is 7.75. The van der Waals surface area contributed by atoms with Crippen molar-refractivity contribution in [1.82, 2.24) is 8.97 Å². The molecule has 0 aliphatic carbocycles. The number of benzene rings is 6. The van der Waals surface area contributed by atoms with Gasteiger partial charge in [0, 0.05) is 5.52 Å². The van der Waals surface area contributed by atoms with Gasteiger partial charge >= 0.3 is 21.1 Å². The van der Waals surface area contributed by atoms with Crippen LogP contribution >= 0.6 is 0 Å². The molecule has 200 valence electrons. The monoisotopic (exact) mass is 717 g/mol.